The molecule has 0 unspecified atom stereocenters. The van der Waals surface area contributed by atoms with Crippen LogP contribution in [0.25, 0.3) is 0 Å². The van der Waals surface area contributed by atoms with Crippen molar-refractivity contribution in [2.24, 2.45) is 0 Å². The Morgan fingerprint density at radius 3 is 2.56 bits per heavy atom. The summed E-state index contributed by atoms with van der Waals surface area (Å²) >= 11 is 9.53. The lowest BCUT2D eigenvalue weighted by Crippen LogP contribution is -2.00. The Morgan fingerprint density at radius 2 is 1.83 bits per heavy atom. The molecular weight excluding hydrogens is 310 g/mol. The zero-order valence-corrected chi connectivity index (χ0v) is 12.8. The van der Waals surface area contributed by atoms with E-state index in [-0.39, 0.29) is 0 Å². The molecule has 0 bridgehead atoms. The third-order valence-corrected chi connectivity index (χ3v) is 4.01. The average molecular weight is 325 g/mol. The predicted octanol–water partition coefficient (Wildman–Crippen LogP) is 5.33. The van der Waals surface area contributed by atoms with Gasteiger partial charge in [-0.25, -0.2) is 0 Å². The number of halogens is 2. The molecule has 0 fully saturated rings. The van der Waals surface area contributed by atoms with Gasteiger partial charge in [-0.05, 0) is 60.9 Å². The third kappa shape index (κ3) is 3.27. The molecule has 0 spiro atoms. The molecule has 0 radical (unpaired) electrons. The van der Waals surface area contributed by atoms with Crippen LogP contribution < -0.4 is 5.32 Å². The monoisotopic (exact) mass is 323 g/mol. The summed E-state index contributed by atoms with van der Waals surface area (Å²) in [6.07, 6.45) is 0. The molecule has 0 aliphatic carbocycles. The molecule has 0 aliphatic rings. The molecule has 0 amide bonds. The number of hydrogen-bond donors (Lipinski definition) is 1. The third-order valence-electron chi connectivity index (χ3n) is 3.00. The van der Waals surface area contributed by atoms with Crippen LogP contribution in [-0.2, 0) is 6.54 Å². The van der Waals surface area contributed by atoms with Gasteiger partial charge in [-0.1, -0.05) is 33.6 Å². The highest BCUT2D eigenvalue weighted by molar-refractivity contribution is 9.10. The lowest BCUT2D eigenvalue weighted by atomic mass is 10.1. The molecule has 0 heterocycles. The summed E-state index contributed by atoms with van der Waals surface area (Å²) in [5.74, 6) is 0. The van der Waals surface area contributed by atoms with Gasteiger partial charge >= 0.3 is 0 Å². The van der Waals surface area contributed by atoms with Crippen LogP contribution in [0.15, 0.2) is 40.9 Å². The van der Waals surface area contributed by atoms with E-state index in [4.69, 9.17) is 11.6 Å². The van der Waals surface area contributed by atoms with Crippen molar-refractivity contribution < 1.29 is 0 Å². The first-order valence-electron chi connectivity index (χ1n) is 5.81. The van der Waals surface area contributed by atoms with Crippen LogP contribution in [0.1, 0.15) is 16.7 Å². The zero-order valence-electron chi connectivity index (χ0n) is 10.4. The first-order valence-corrected chi connectivity index (χ1v) is 6.98. The number of rotatable bonds is 3. The van der Waals surface area contributed by atoms with Gasteiger partial charge in [-0.3, -0.25) is 0 Å². The summed E-state index contributed by atoms with van der Waals surface area (Å²) in [6.45, 7) is 4.99. The SMILES string of the molecule is Cc1ccc(NCc2cc(Cl)ccc2Br)cc1C. The van der Waals surface area contributed by atoms with Crippen molar-refractivity contribution in [3.8, 4) is 0 Å². The molecule has 3 heteroatoms. The second-order valence-corrected chi connectivity index (χ2v) is 5.68. The van der Waals surface area contributed by atoms with E-state index >= 15 is 0 Å². The summed E-state index contributed by atoms with van der Waals surface area (Å²) < 4.78 is 1.07. The van der Waals surface area contributed by atoms with Gasteiger partial charge in [0.25, 0.3) is 0 Å². The lowest BCUT2D eigenvalue weighted by Gasteiger charge is -2.10. The van der Waals surface area contributed by atoms with Crippen LogP contribution in [0.2, 0.25) is 5.02 Å². The molecule has 2 aromatic rings. The normalized spacial score (nSPS) is 10.4. The van der Waals surface area contributed by atoms with Crippen molar-refractivity contribution in [2.45, 2.75) is 20.4 Å². The van der Waals surface area contributed by atoms with Gasteiger partial charge in [0.2, 0.25) is 0 Å². The number of benzene rings is 2. The van der Waals surface area contributed by atoms with Gasteiger partial charge < -0.3 is 5.32 Å². The molecule has 1 N–H and O–H groups in total. The fourth-order valence-corrected chi connectivity index (χ4v) is 2.31. The summed E-state index contributed by atoms with van der Waals surface area (Å²) in [6, 6.07) is 12.2. The predicted molar refractivity (Wildman–Crippen MR) is 82.4 cm³/mol. The van der Waals surface area contributed by atoms with Gasteiger partial charge in [0.15, 0.2) is 0 Å². The first-order chi connectivity index (χ1) is 8.56. The molecule has 0 saturated carbocycles. The number of aryl methyl sites for hydroxylation is 2. The summed E-state index contributed by atoms with van der Waals surface area (Å²) in [5, 5.41) is 4.17. The van der Waals surface area contributed by atoms with E-state index in [0.717, 1.165) is 27.3 Å². The van der Waals surface area contributed by atoms with E-state index in [0.29, 0.717) is 0 Å². The fourth-order valence-electron chi connectivity index (χ4n) is 1.73. The first kappa shape index (κ1) is 13.4. The maximum Gasteiger partial charge on any atom is 0.0412 e. The largest absolute Gasteiger partial charge is 0.381 e. The van der Waals surface area contributed by atoms with Gasteiger partial charge in [-0.2, -0.15) is 0 Å². The molecule has 0 aliphatic heterocycles. The second-order valence-electron chi connectivity index (χ2n) is 4.39. The van der Waals surface area contributed by atoms with Crippen molar-refractivity contribution in [1.82, 2.24) is 0 Å². The van der Waals surface area contributed by atoms with E-state index in [9.17, 15) is 0 Å². The number of hydrogen-bond acceptors (Lipinski definition) is 1. The van der Waals surface area contributed by atoms with Crippen LogP contribution in [0.3, 0.4) is 0 Å². The highest BCUT2D eigenvalue weighted by Crippen LogP contribution is 2.22. The number of nitrogens with one attached hydrogen (secondary N) is 1. The van der Waals surface area contributed by atoms with Crippen LogP contribution in [-0.4, -0.2) is 0 Å². The molecule has 0 atom stereocenters. The molecule has 1 nitrogen and oxygen atoms in total. The van der Waals surface area contributed by atoms with Gasteiger partial charge in [0.05, 0.1) is 0 Å². The summed E-state index contributed by atoms with van der Waals surface area (Å²) in [5.41, 5.74) is 4.89. The average Bonchev–Trinajstić information content (AvgIpc) is 2.34. The van der Waals surface area contributed by atoms with Crippen LogP contribution >= 0.6 is 27.5 Å². The van der Waals surface area contributed by atoms with Gasteiger partial charge in [0.1, 0.15) is 0 Å². The topological polar surface area (TPSA) is 12.0 Å². The molecule has 18 heavy (non-hydrogen) atoms. The summed E-state index contributed by atoms with van der Waals surface area (Å²) in [7, 11) is 0. The smallest absolute Gasteiger partial charge is 0.0412 e. The van der Waals surface area contributed by atoms with Crippen LogP contribution in [0, 0.1) is 13.8 Å². The van der Waals surface area contributed by atoms with E-state index in [1.54, 1.807) is 0 Å². The van der Waals surface area contributed by atoms with E-state index in [1.807, 2.05) is 18.2 Å². The van der Waals surface area contributed by atoms with Crippen molar-refractivity contribution in [1.29, 1.82) is 0 Å². The van der Waals surface area contributed by atoms with Crippen LogP contribution in [0.5, 0.6) is 0 Å². The molecule has 0 saturated heterocycles. The minimum Gasteiger partial charge on any atom is -0.381 e. The Hall–Kier alpha value is -0.990. The van der Waals surface area contributed by atoms with Gasteiger partial charge in [-0.15, -0.1) is 0 Å². The maximum atomic E-state index is 6.00. The number of anilines is 1. The highest BCUT2D eigenvalue weighted by Gasteiger charge is 2.01. The van der Waals surface area contributed by atoms with Crippen LogP contribution in [0.4, 0.5) is 5.69 Å². The van der Waals surface area contributed by atoms with Crippen molar-refractivity contribution in [2.75, 3.05) is 5.32 Å². The molecule has 2 rings (SSSR count). The maximum absolute atomic E-state index is 6.00. The second kappa shape index (κ2) is 5.77. The lowest BCUT2D eigenvalue weighted by molar-refractivity contribution is 1.13. The van der Waals surface area contributed by atoms with E-state index < -0.39 is 0 Å². The zero-order chi connectivity index (χ0) is 13.1. The summed E-state index contributed by atoms with van der Waals surface area (Å²) in [4.78, 5) is 0. The molecular formula is C15H15BrClN. The minimum atomic E-state index is 0.754. The van der Waals surface area contributed by atoms with E-state index in [2.05, 4.69) is 53.3 Å². The Morgan fingerprint density at radius 1 is 1.06 bits per heavy atom. The van der Waals surface area contributed by atoms with Gasteiger partial charge in [0, 0.05) is 21.7 Å². The Labute approximate surface area is 121 Å². The fraction of sp³-hybridized carbons (Fsp3) is 0.200. The Balaban J connectivity index is 2.11. The van der Waals surface area contributed by atoms with Crippen molar-refractivity contribution in [3.05, 3.63) is 62.6 Å². The minimum absolute atomic E-state index is 0.754. The standard InChI is InChI=1S/C15H15BrClN/c1-10-3-5-14(7-11(10)2)18-9-12-8-13(17)4-6-15(12)16/h3-8,18H,9H2,1-2H3. The quantitative estimate of drug-likeness (QED) is 0.804. The Bertz CT molecular complexity index is 566. The Kier molecular flexibility index (Phi) is 4.31. The molecule has 2 aromatic carbocycles. The molecule has 94 valence electrons. The van der Waals surface area contributed by atoms with E-state index in [1.165, 1.54) is 11.1 Å². The molecule has 0 aromatic heterocycles. The highest BCUT2D eigenvalue weighted by atomic mass is 79.9. The van der Waals surface area contributed by atoms with Crippen molar-refractivity contribution >= 4 is 33.2 Å². The van der Waals surface area contributed by atoms with Crippen molar-refractivity contribution in [3.63, 3.8) is 0 Å².